The van der Waals surface area contributed by atoms with Crippen LogP contribution in [0.1, 0.15) is 11.3 Å². The smallest absolute Gasteiger partial charge is 0.216 e. The number of aromatic amines is 1. The Morgan fingerprint density at radius 1 is 1.25 bits per heavy atom. The van der Waals surface area contributed by atoms with E-state index in [2.05, 4.69) is 37.4 Å². The van der Waals surface area contributed by atoms with Crippen molar-refractivity contribution in [1.82, 2.24) is 20.0 Å². The molecule has 2 heterocycles. The largest absolute Gasteiger partial charge is 0.497 e. The molecule has 0 aliphatic heterocycles. The number of nitrogens with one attached hydrogen (secondary N) is 1. The highest BCUT2D eigenvalue weighted by Crippen LogP contribution is 2.23. The minimum absolute atomic E-state index is 0.375. The lowest BCUT2D eigenvalue weighted by Crippen LogP contribution is -2.07. The summed E-state index contributed by atoms with van der Waals surface area (Å²) in [5, 5.41) is 18.4. The van der Waals surface area contributed by atoms with Crippen LogP contribution >= 0.6 is 28.1 Å². The van der Waals surface area contributed by atoms with Crippen LogP contribution in [-0.2, 0) is 0 Å². The number of rotatable bonds is 5. The standard InChI is InChI=1S/C19H16BrN5O2S/c1-11-7-16(24-27-11)18-21-22-19(28)25(18)23-17(10-20)14-4-3-13-9-15(26-2)6-5-12(13)8-14/h3-9H,10H2,1-2H3,(H,22,28)/b23-17+. The quantitative estimate of drug-likeness (QED) is 0.266. The van der Waals surface area contributed by atoms with Gasteiger partial charge in [-0.1, -0.05) is 39.3 Å². The minimum atomic E-state index is 0.375. The molecular weight excluding hydrogens is 442 g/mol. The van der Waals surface area contributed by atoms with Crippen LogP contribution in [0.15, 0.2) is 52.1 Å². The average Bonchev–Trinajstić information content (AvgIpc) is 3.30. The summed E-state index contributed by atoms with van der Waals surface area (Å²) < 4.78 is 12.4. The molecule has 4 aromatic rings. The topological polar surface area (TPSA) is 81.2 Å². The molecule has 4 rings (SSSR count). The van der Waals surface area contributed by atoms with Crippen molar-refractivity contribution in [3.8, 4) is 17.3 Å². The van der Waals surface area contributed by atoms with Crippen LogP contribution in [0.2, 0.25) is 0 Å². The zero-order valence-corrected chi connectivity index (χ0v) is 17.5. The van der Waals surface area contributed by atoms with Gasteiger partial charge >= 0.3 is 0 Å². The molecule has 0 aliphatic rings. The summed E-state index contributed by atoms with van der Waals surface area (Å²) in [4.78, 5) is 0. The molecule has 0 fully saturated rings. The third-order valence-corrected chi connectivity index (χ3v) is 5.03. The fraction of sp³-hybridized carbons (Fsp3) is 0.158. The van der Waals surface area contributed by atoms with Crippen LogP contribution < -0.4 is 4.74 Å². The van der Waals surface area contributed by atoms with Crippen molar-refractivity contribution < 1.29 is 9.26 Å². The van der Waals surface area contributed by atoms with Crippen molar-refractivity contribution in [2.24, 2.45) is 5.10 Å². The SMILES string of the molecule is COc1ccc2cc(/C(CBr)=N/n3c(-c4cc(C)on4)n[nH]c3=S)ccc2c1. The van der Waals surface area contributed by atoms with E-state index < -0.39 is 0 Å². The van der Waals surface area contributed by atoms with Crippen LogP contribution in [0.3, 0.4) is 0 Å². The molecular formula is C19H16BrN5O2S. The number of hydrogen-bond acceptors (Lipinski definition) is 6. The van der Waals surface area contributed by atoms with Gasteiger partial charge in [0.2, 0.25) is 10.6 Å². The summed E-state index contributed by atoms with van der Waals surface area (Å²) in [7, 11) is 1.66. The van der Waals surface area contributed by atoms with Crippen LogP contribution in [0.4, 0.5) is 0 Å². The predicted octanol–water partition coefficient (Wildman–Crippen LogP) is 4.71. The fourth-order valence-corrected chi connectivity index (χ4v) is 3.44. The lowest BCUT2D eigenvalue weighted by molar-refractivity contribution is 0.399. The maximum atomic E-state index is 5.35. The second kappa shape index (κ2) is 7.69. The monoisotopic (exact) mass is 457 g/mol. The van der Waals surface area contributed by atoms with Gasteiger partial charge in [-0.2, -0.15) is 14.9 Å². The van der Waals surface area contributed by atoms with Crippen LogP contribution in [0.25, 0.3) is 22.3 Å². The first kappa shape index (κ1) is 18.6. The highest BCUT2D eigenvalue weighted by molar-refractivity contribution is 9.09. The highest BCUT2D eigenvalue weighted by atomic mass is 79.9. The van der Waals surface area contributed by atoms with Crippen molar-refractivity contribution in [3.05, 3.63) is 58.6 Å². The maximum Gasteiger partial charge on any atom is 0.216 e. The molecule has 9 heteroatoms. The number of methoxy groups -OCH3 is 1. The van der Waals surface area contributed by atoms with Gasteiger partial charge in [0, 0.05) is 11.4 Å². The molecule has 2 aromatic carbocycles. The van der Waals surface area contributed by atoms with E-state index in [1.165, 1.54) is 0 Å². The first-order valence-corrected chi connectivity index (χ1v) is 9.95. The molecule has 7 nitrogen and oxygen atoms in total. The number of aromatic nitrogens is 4. The molecule has 0 aliphatic carbocycles. The van der Waals surface area contributed by atoms with E-state index in [0.717, 1.165) is 27.8 Å². The van der Waals surface area contributed by atoms with E-state index in [1.54, 1.807) is 17.9 Å². The van der Waals surface area contributed by atoms with Gasteiger partial charge in [-0.3, -0.25) is 0 Å². The van der Waals surface area contributed by atoms with Crippen LogP contribution in [0.5, 0.6) is 5.75 Å². The predicted molar refractivity (Wildman–Crippen MR) is 114 cm³/mol. The van der Waals surface area contributed by atoms with Crippen molar-refractivity contribution in [2.45, 2.75) is 6.92 Å². The number of aryl methyl sites for hydroxylation is 1. The van der Waals surface area contributed by atoms with E-state index in [-0.39, 0.29) is 0 Å². The number of hydrogen-bond donors (Lipinski definition) is 1. The van der Waals surface area contributed by atoms with Crippen LogP contribution in [0, 0.1) is 11.7 Å². The number of H-pyrrole nitrogens is 1. The molecule has 0 unspecified atom stereocenters. The van der Waals surface area contributed by atoms with Gasteiger partial charge < -0.3 is 9.26 Å². The molecule has 0 saturated heterocycles. The summed E-state index contributed by atoms with van der Waals surface area (Å²) in [6, 6.07) is 13.9. The lowest BCUT2D eigenvalue weighted by Gasteiger charge is -2.07. The first-order chi connectivity index (χ1) is 13.6. The van der Waals surface area contributed by atoms with Crippen molar-refractivity contribution >= 4 is 44.6 Å². The van der Waals surface area contributed by atoms with Gasteiger partial charge in [0.25, 0.3) is 0 Å². The Labute approximate surface area is 174 Å². The second-order valence-electron chi connectivity index (χ2n) is 6.10. The Bertz CT molecular complexity index is 1240. The second-order valence-corrected chi connectivity index (χ2v) is 7.04. The molecule has 28 heavy (non-hydrogen) atoms. The molecule has 0 radical (unpaired) electrons. The third kappa shape index (κ3) is 3.50. The Kier molecular flexibility index (Phi) is 5.10. The van der Waals surface area contributed by atoms with E-state index in [1.807, 2.05) is 37.3 Å². The van der Waals surface area contributed by atoms with Gasteiger partial charge in [0.1, 0.15) is 11.5 Å². The van der Waals surface area contributed by atoms with E-state index in [9.17, 15) is 0 Å². The van der Waals surface area contributed by atoms with E-state index in [0.29, 0.717) is 27.4 Å². The molecule has 0 bridgehead atoms. The van der Waals surface area contributed by atoms with E-state index >= 15 is 0 Å². The molecule has 142 valence electrons. The Morgan fingerprint density at radius 2 is 2.04 bits per heavy atom. The number of ether oxygens (including phenoxy) is 1. The first-order valence-electron chi connectivity index (χ1n) is 8.42. The number of halogens is 1. The summed E-state index contributed by atoms with van der Waals surface area (Å²) in [5.41, 5.74) is 2.34. The Balaban J connectivity index is 1.79. The molecule has 0 saturated carbocycles. The number of benzene rings is 2. The minimum Gasteiger partial charge on any atom is -0.497 e. The van der Waals surface area contributed by atoms with Crippen molar-refractivity contribution in [2.75, 3.05) is 12.4 Å². The maximum absolute atomic E-state index is 5.35. The fourth-order valence-electron chi connectivity index (χ4n) is 2.83. The molecule has 1 N–H and O–H groups in total. The lowest BCUT2D eigenvalue weighted by atomic mass is 10.0. The zero-order valence-electron chi connectivity index (χ0n) is 15.1. The summed E-state index contributed by atoms with van der Waals surface area (Å²) in [6.07, 6.45) is 0. The van der Waals surface area contributed by atoms with Gasteiger partial charge in [-0.25, -0.2) is 5.10 Å². The van der Waals surface area contributed by atoms with Crippen molar-refractivity contribution in [1.29, 1.82) is 0 Å². The summed E-state index contributed by atoms with van der Waals surface area (Å²) >= 11 is 8.88. The van der Waals surface area contributed by atoms with Crippen LogP contribution in [-0.4, -0.2) is 38.2 Å². The number of fused-ring (bicyclic) bond motifs is 1. The van der Waals surface area contributed by atoms with Gasteiger partial charge in [-0.15, -0.1) is 0 Å². The normalized spacial score (nSPS) is 11.9. The molecule has 0 amide bonds. The Morgan fingerprint density at radius 3 is 2.75 bits per heavy atom. The molecule has 2 aromatic heterocycles. The molecule has 0 atom stereocenters. The van der Waals surface area contributed by atoms with Crippen molar-refractivity contribution in [3.63, 3.8) is 0 Å². The van der Waals surface area contributed by atoms with Gasteiger partial charge in [-0.05, 0) is 53.7 Å². The number of nitrogens with zero attached hydrogens (tertiary/aromatic N) is 4. The zero-order chi connectivity index (χ0) is 19.7. The summed E-state index contributed by atoms with van der Waals surface area (Å²) in [6.45, 7) is 1.82. The number of alkyl halides is 1. The molecule has 0 spiro atoms. The Hall–Kier alpha value is -2.78. The van der Waals surface area contributed by atoms with Gasteiger partial charge in [0.15, 0.2) is 5.69 Å². The van der Waals surface area contributed by atoms with E-state index in [4.69, 9.17) is 26.6 Å². The summed E-state index contributed by atoms with van der Waals surface area (Å²) in [5.74, 6) is 2.00. The average molecular weight is 458 g/mol. The highest BCUT2D eigenvalue weighted by Gasteiger charge is 2.14. The third-order valence-electron chi connectivity index (χ3n) is 4.24. The van der Waals surface area contributed by atoms with Gasteiger partial charge in [0.05, 0.1) is 12.8 Å².